The van der Waals surface area contributed by atoms with Crippen LogP contribution in [0.1, 0.15) is 41.6 Å². The van der Waals surface area contributed by atoms with E-state index in [4.69, 9.17) is 30.5 Å². The van der Waals surface area contributed by atoms with Crippen molar-refractivity contribution >= 4 is 29.1 Å². The van der Waals surface area contributed by atoms with Gasteiger partial charge in [0.25, 0.3) is 0 Å². The average Bonchev–Trinajstić information content (AvgIpc) is 3.17. The number of rotatable bonds is 6. The number of Topliss-reactive ketones (excluding diaryl/α,β-unsaturated/α-hetero) is 2. The minimum absolute atomic E-state index is 0.00388. The number of aliphatic hydroxyl groups excluding tert-OH is 1. The monoisotopic (exact) mass is 500 g/mol. The number of benzene rings is 2. The van der Waals surface area contributed by atoms with E-state index in [-0.39, 0.29) is 52.0 Å². The van der Waals surface area contributed by atoms with Gasteiger partial charge in [0.1, 0.15) is 22.1 Å². The van der Waals surface area contributed by atoms with Crippen molar-refractivity contribution < 1.29 is 38.4 Å². The van der Waals surface area contributed by atoms with Crippen LogP contribution in [0, 0.1) is 5.92 Å². The van der Waals surface area contributed by atoms with E-state index in [0.717, 1.165) is 0 Å². The van der Waals surface area contributed by atoms with Crippen molar-refractivity contribution in [2.45, 2.75) is 31.3 Å². The predicted molar refractivity (Wildman–Crippen MR) is 127 cm³/mol. The second-order valence-electron chi connectivity index (χ2n) is 8.50. The van der Waals surface area contributed by atoms with E-state index in [0.29, 0.717) is 5.56 Å². The number of ketones is 2. The summed E-state index contributed by atoms with van der Waals surface area (Å²) in [6.45, 7) is 1.64. The molecule has 0 fully saturated rings. The Morgan fingerprint density at radius 1 is 1.17 bits per heavy atom. The number of fused-ring (bicyclic) bond motifs is 1. The first kappa shape index (κ1) is 24.6. The van der Waals surface area contributed by atoms with Crippen LogP contribution >= 0.6 is 11.6 Å². The van der Waals surface area contributed by atoms with Crippen LogP contribution in [-0.2, 0) is 14.3 Å². The van der Waals surface area contributed by atoms with Crippen molar-refractivity contribution in [3.8, 4) is 17.2 Å². The fraction of sp³-hybridized carbons (Fsp3) is 0.346. The molecule has 0 bridgehead atoms. The van der Waals surface area contributed by atoms with Crippen molar-refractivity contribution in [1.82, 2.24) is 0 Å². The van der Waals surface area contributed by atoms with Gasteiger partial charge in [-0.1, -0.05) is 48.9 Å². The maximum atomic E-state index is 13.9. The van der Waals surface area contributed by atoms with Crippen LogP contribution in [0.25, 0.3) is 0 Å². The Morgan fingerprint density at radius 2 is 1.83 bits per heavy atom. The van der Waals surface area contributed by atoms with Gasteiger partial charge in [-0.25, -0.2) is 0 Å². The number of halogens is 1. The molecule has 2 aliphatic rings. The standard InChI is InChI=1S/C26H25ClO8/c1-13-10-16(28)20(15(11-19(29)34-4)14-8-6-5-7-9-14)24(30)26(13)25(31)21-17(32-2)12-18(33-3)22(27)23(21)35-26/h5-9,12-13,15,30H,10-11H2,1-4H3. The molecule has 0 amide bonds. The Balaban J connectivity index is 1.95. The maximum absolute atomic E-state index is 13.9. The Bertz CT molecular complexity index is 1240. The van der Waals surface area contributed by atoms with Gasteiger partial charge in [0.2, 0.25) is 11.4 Å². The van der Waals surface area contributed by atoms with Crippen LogP contribution in [0.3, 0.4) is 0 Å². The van der Waals surface area contributed by atoms with Gasteiger partial charge in [0.15, 0.2) is 17.3 Å². The summed E-state index contributed by atoms with van der Waals surface area (Å²) < 4.78 is 21.7. The molecule has 2 aromatic carbocycles. The summed E-state index contributed by atoms with van der Waals surface area (Å²) in [4.78, 5) is 39.5. The summed E-state index contributed by atoms with van der Waals surface area (Å²) in [5.74, 6) is -3.29. The molecule has 3 atom stereocenters. The third-order valence-corrected chi connectivity index (χ3v) is 7.02. The van der Waals surface area contributed by atoms with Crippen LogP contribution < -0.4 is 14.2 Å². The van der Waals surface area contributed by atoms with Gasteiger partial charge in [0, 0.05) is 29.9 Å². The summed E-state index contributed by atoms with van der Waals surface area (Å²) in [5, 5.41) is 11.7. The van der Waals surface area contributed by atoms with Crippen LogP contribution in [0.2, 0.25) is 5.02 Å². The summed E-state index contributed by atoms with van der Waals surface area (Å²) in [6, 6.07) is 10.2. The molecule has 0 saturated carbocycles. The molecular formula is C26H25ClO8. The maximum Gasteiger partial charge on any atom is 0.306 e. The number of ether oxygens (including phenoxy) is 4. The molecule has 1 N–H and O–H groups in total. The van der Waals surface area contributed by atoms with Gasteiger partial charge in [-0.15, -0.1) is 0 Å². The number of hydrogen-bond acceptors (Lipinski definition) is 8. The van der Waals surface area contributed by atoms with E-state index in [1.807, 2.05) is 0 Å². The highest BCUT2D eigenvalue weighted by Gasteiger charge is 2.61. The number of esters is 1. The smallest absolute Gasteiger partial charge is 0.306 e. The minimum atomic E-state index is -1.92. The molecule has 184 valence electrons. The van der Waals surface area contributed by atoms with Crippen molar-refractivity contribution in [2.24, 2.45) is 5.92 Å². The van der Waals surface area contributed by atoms with Gasteiger partial charge < -0.3 is 24.1 Å². The van der Waals surface area contributed by atoms with Crippen molar-refractivity contribution in [1.29, 1.82) is 0 Å². The van der Waals surface area contributed by atoms with Crippen molar-refractivity contribution in [3.63, 3.8) is 0 Å². The fourth-order valence-electron chi connectivity index (χ4n) is 4.86. The molecule has 0 saturated heterocycles. The highest BCUT2D eigenvalue weighted by molar-refractivity contribution is 6.35. The van der Waals surface area contributed by atoms with E-state index in [1.54, 1.807) is 37.3 Å². The number of hydrogen-bond donors (Lipinski definition) is 1. The lowest BCUT2D eigenvalue weighted by Gasteiger charge is -2.38. The summed E-state index contributed by atoms with van der Waals surface area (Å²) in [5.41, 5.74) is -1.33. The van der Waals surface area contributed by atoms with E-state index in [9.17, 15) is 19.5 Å². The second kappa shape index (κ2) is 9.26. The highest BCUT2D eigenvalue weighted by atomic mass is 35.5. The Labute approximate surface area is 207 Å². The molecule has 2 aromatic rings. The zero-order valence-corrected chi connectivity index (χ0v) is 20.5. The van der Waals surface area contributed by atoms with Crippen LogP contribution in [0.15, 0.2) is 47.7 Å². The van der Waals surface area contributed by atoms with Gasteiger partial charge >= 0.3 is 5.97 Å². The normalized spacial score (nSPS) is 22.0. The van der Waals surface area contributed by atoms with Crippen LogP contribution in [-0.4, -0.2) is 49.6 Å². The topological polar surface area (TPSA) is 108 Å². The number of methoxy groups -OCH3 is 3. The molecule has 4 rings (SSSR count). The van der Waals surface area contributed by atoms with Crippen molar-refractivity contribution in [3.05, 3.63) is 63.9 Å². The molecule has 35 heavy (non-hydrogen) atoms. The molecule has 8 nitrogen and oxygen atoms in total. The Morgan fingerprint density at radius 3 is 2.43 bits per heavy atom. The van der Waals surface area contributed by atoms with Crippen LogP contribution in [0.4, 0.5) is 0 Å². The fourth-order valence-corrected chi connectivity index (χ4v) is 5.13. The number of carbonyl (C=O) groups is 3. The average molecular weight is 501 g/mol. The molecule has 3 unspecified atom stereocenters. The zero-order chi connectivity index (χ0) is 25.5. The summed E-state index contributed by atoms with van der Waals surface area (Å²) in [7, 11) is 4.04. The predicted octanol–water partition coefficient (Wildman–Crippen LogP) is 4.44. The van der Waals surface area contributed by atoms with E-state index in [1.165, 1.54) is 27.4 Å². The lowest BCUT2D eigenvalue weighted by Crippen LogP contribution is -2.53. The third-order valence-electron chi connectivity index (χ3n) is 6.66. The van der Waals surface area contributed by atoms with Gasteiger partial charge in [-0.05, 0) is 5.56 Å². The lowest BCUT2D eigenvalue weighted by atomic mass is 9.69. The first-order valence-electron chi connectivity index (χ1n) is 11.0. The SMILES string of the molecule is COC(=O)CC(C1=C(O)C2(Oc3c(Cl)c(OC)cc(OC)c3C2=O)C(C)CC1=O)c1ccccc1. The molecule has 1 aliphatic carbocycles. The van der Waals surface area contributed by atoms with Gasteiger partial charge in [-0.2, -0.15) is 0 Å². The van der Waals surface area contributed by atoms with Crippen LogP contribution in [0.5, 0.6) is 17.2 Å². The molecule has 1 aliphatic heterocycles. The molecule has 1 spiro atoms. The minimum Gasteiger partial charge on any atom is -0.507 e. The number of carbonyl (C=O) groups excluding carboxylic acids is 3. The zero-order valence-electron chi connectivity index (χ0n) is 19.7. The van der Waals surface area contributed by atoms with Gasteiger partial charge in [-0.3, -0.25) is 14.4 Å². The first-order chi connectivity index (χ1) is 16.7. The molecule has 9 heteroatoms. The summed E-state index contributed by atoms with van der Waals surface area (Å²) >= 11 is 6.47. The lowest BCUT2D eigenvalue weighted by molar-refractivity contribution is -0.140. The highest BCUT2D eigenvalue weighted by Crippen LogP contribution is 2.55. The summed E-state index contributed by atoms with van der Waals surface area (Å²) in [6.07, 6.45) is -0.310. The van der Waals surface area contributed by atoms with E-state index in [2.05, 4.69) is 0 Å². The molecule has 0 radical (unpaired) electrons. The number of allylic oxidation sites excluding steroid dienone is 1. The van der Waals surface area contributed by atoms with E-state index >= 15 is 0 Å². The molecule has 0 aromatic heterocycles. The first-order valence-corrected chi connectivity index (χ1v) is 11.4. The molecule has 1 heterocycles. The Hall–Kier alpha value is -3.52. The van der Waals surface area contributed by atoms with E-state index < -0.39 is 34.9 Å². The molecular weight excluding hydrogens is 476 g/mol. The van der Waals surface area contributed by atoms with Crippen molar-refractivity contribution in [2.75, 3.05) is 21.3 Å². The second-order valence-corrected chi connectivity index (χ2v) is 8.88. The quantitative estimate of drug-likeness (QED) is 0.580. The number of aliphatic hydroxyl groups is 1. The largest absolute Gasteiger partial charge is 0.507 e. The Kier molecular flexibility index (Phi) is 6.51. The van der Waals surface area contributed by atoms with Gasteiger partial charge in [0.05, 0.1) is 27.8 Å². The third kappa shape index (κ3) is 3.72.